The number of nitrogens with two attached hydrogens (primary N) is 1. The van der Waals surface area contributed by atoms with Crippen LogP contribution in [0.4, 0.5) is 5.82 Å². The molecule has 90 valence electrons. The Morgan fingerprint density at radius 2 is 2.35 bits per heavy atom. The van der Waals surface area contributed by atoms with Crippen molar-refractivity contribution < 1.29 is 4.79 Å². The zero-order valence-electron chi connectivity index (χ0n) is 9.40. The number of anilines is 1. The second-order valence-corrected chi connectivity index (χ2v) is 4.69. The van der Waals surface area contributed by atoms with Crippen LogP contribution in [0.15, 0.2) is 22.7 Å². The SMILES string of the molecule is Cn1nc(NCCC(N)=O)c2ccc(Br)cc21. The summed E-state index contributed by atoms with van der Waals surface area (Å²) in [5, 5.41) is 8.50. The van der Waals surface area contributed by atoms with Crippen molar-refractivity contribution >= 4 is 38.6 Å². The second kappa shape index (κ2) is 4.75. The highest BCUT2D eigenvalue weighted by Gasteiger charge is 2.08. The molecule has 17 heavy (non-hydrogen) atoms. The molecule has 0 unspecified atom stereocenters. The predicted octanol–water partition coefficient (Wildman–Crippen LogP) is 1.62. The molecule has 0 saturated carbocycles. The summed E-state index contributed by atoms with van der Waals surface area (Å²) < 4.78 is 2.81. The number of aromatic nitrogens is 2. The van der Waals surface area contributed by atoms with Crippen molar-refractivity contribution in [1.29, 1.82) is 0 Å². The van der Waals surface area contributed by atoms with Crippen LogP contribution in [-0.4, -0.2) is 22.2 Å². The van der Waals surface area contributed by atoms with Gasteiger partial charge in [0.2, 0.25) is 5.91 Å². The number of hydrogen-bond donors (Lipinski definition) is 2. The standard InChI is InChI=1S/C11H13BrN4O/c1-16-9-6-7(12)2-3-8(9)11(15-16)14-5-4-10(13)17/h2-3,6H,4-5H2,1H3,(H2,13,17)(H,14,15). The number of carbonyl (C=O) groups is 1. The fraction of sp³-hybridized carbons (Fsp3) is 0.273. The minimum Gasteiger partial charge on any atom is -0.370 e. The van der Waals surface area contributed by atoms with Crippen LogP contribution in [0.1, 0.15) is 6.42 Å². The summed E-state index contributed by atoms with van der Waals surface area (Å²) in [4.78, 5) is 10.7. The largest absolute Gasteiger partial charge is 0.370 e. The zero-order chi connectivity index (χ0) is 12.4. The van der Waals surface area contributed by atoms with Crippen molar-refractivity contribution in [2.24, 2.45) is 12.8 Å². The average molecular weight is 297 g/mol. The first-order valence-corrected chi connectivity index (χ1v) is 6.01. The second-order valence-electron chi connectivity index (χ2n) is 3.78. The number of hydrogen-bond acceptors (Lipinski definition) is 3. The van der Waals surface area contributed by atoms with Gasteiger partial charge in [-0.2, -0.15) is 5.10 Å². The molecule has 0 saturated heterocycles. The monoisotopic (exact) mass is 296 g/mol. The number of primary amides is 1. The normalized spacial score (nSPS) is 10.7. The van der Waals surface area contributed by atoms with Crippen molar-refractivity contribution in [3.05, 3.63) is 22.7 Å². The van der Waals surface area contributed by atoms with E-state index in [2.05, 4.69) is 26.3 Å². The number of nitrogens with zero attached hydrogens (tertiary/aromatic N) is 2. The van der Waals surface area contributed by atoms with Gasteiger partial charge in [-0.15, -0.1) is 0 Å². The van der Waals surface area contributed by atoms with Gasteiger partial charge < -0.3 is 11.1 Å². The highest BCUT2D eigenvalue weighted by Crippen LogP contribution is 2.25. The average Bonchev–Trinajstić information content (AvgIpc) is 2.55. The van der Waals surface area contributed by atoms with E-state index < -0.39 is 0 Å². The Morgan fingerprint density at radius 3 is 3.06 bits per heavy atom. The number of benzene rings is 1. The van der Waals surface area contributed by atoms with E-state index in [9.17, 15) is 4.79 Å². The van der Waals surface area contributed by atoms with Gasteiger partial charge in [-0.05, 0) is 18.2 Å². The van der Waals surface area contributed by atoms with Gasteiger partial charge in [0, 0.05) is 29.9 Å². The highest BCUT2D eigenvalue weighted by molar-refractivity contribution is 9.10. The maximum absolute atomic E-state index is 10.7. The number of nitrogens with one attached hydrogen (secondary N) is 1. The molecule has 0 spiro atoms. The molecule has 2 rings (SSSR count). The van der Waals surface area contributed by atoms with E-state index in [-0.39, 0.29) is 5.91 Å². The Bertz CT molecular complexity index is 564. The van der Waals surface area contributed by atoms with Gasteiger partial charge in [0.25, 0.3) is 0 Å². The summed E-state index contributed by atoms with van der Waals surface area (Å²) in [5.41, 5.74) is 6.11. The molecule has 1 amide bonds. The third-order valence-electron chi connectivity index (χ3n) is 2.48. The van der Waals surface area contributed by atoms with Gasteiger partial charge in [0.05, 0.1) is 5.52 Å². The van der Waals surface area contributed by atoms with Crippen LogP contribution in [0.5, 0.6) is 0 Å². The van der Waals surface area contributed by atoms with Crippen LogP contribution in [0.3, 0.4) is 0 Å². The van der Waals surface area contributed by atoms with Gasteiger partial charge in [0.1, 0.15) is 0 Å². The van der Waals surface area contributed by atoms with E-state index in [1.165, 1.54) is 0 Å². The zero-order valence-corrected chi connectivity index (χ0v) is 11.0. The van der Waals surface area contributed by atoms with Crippen LogP contribution < -0.4 is 11.1 Å². The summed E-state index contributed by atoms with van der Waals surface area (Å²) in [5.74, 6) is 0.455. The minimum absolute atomic E-state index is 0.300. The van der Waals surface area contributed by atoms with E-state index in [1.54, 1.807) is 4.68 Å². The topological polar surface area (TPSA) is 72.9 Å². The number of aryl methyl sites for hydroxylation is 1. The molecule has 2 aromatic rings. The lowest BCUT2D eigenvalue weighted by Gasteiger charge is -2.00. The molecule has 1 aromatic carbocycles. The lowest BCUT2D eigenvalue weighted by atomic mass is 10.2. The van der Waals surface area contributed by atoms with E-state index in [4.69, 9.17) is 5.73 Å². The molecule has 0 radical (unpaired) electrons. The van der Waals surface area contributed by atoms with E-state index >= 15 is 0 Å². The van der Waals surface area contributed by atoms with Gasteiger partial charge in [-0.1, -0.05) is 15.9 Å². The number of halogens is 1. The van der Waals surface area contributed by atoms with Gasteiger partial charge in [0.15, 0.2) is 5.82 Å². The summed E-state index contributed by atoms with van der Waals surface area (Å²) in [7, 11) is 1.88. The van der Waals surface area contributed by atoms with Crippen molar-refractivity contribution in [1.82, 2.24) is 9.78 Å². The minimum atomic E-state index is -0.319. The molecule has 3 N–H and O–H groups in total. The molecule has 1 heterocycles. The van der Waals surface area contributed by atoms with Crippen LogP contribution in [-0.2, 0) is 11.8 Å². The molecule has 6 heteroatoms. The van der Waals surface area contributed by atoms with Crippen molar-refractivity contribution in [3.8, 4) is 0 Å². The van der Waals surface area contributed by atoms with Crippen LogP contribution in [0.25, 0.3) is 10.9 Å². The molecular weight excluding hydrogens is 284 g/mol. The summed E-state index contributed by atoms with van der Waals surface area (Å²) >= 11 is 3.42. The van der Waals surface area contributed by atoms with Crippen molar-refractivity contribution in [2.45, 2.75) is 6.42 Å². The van der Waals surface area contributed by atoms with Crippen molar-refractivity contribution in [3.63, 3.8) is 0 Å². The number of carbonyl (C=O) groups excluding carboxylic acids is 1. The molecule has 0 aliphatic heterocycles. The summed E-state index contributed by atoms with van der Waals surface area (Å²) in [6.07, 6.45) is 0.300. The molecule has 0 bridgehead atoms. The van der Waals surface area contributed by atoms with Gasteiger partial charge in [-0.3, -0.25) is 9.48 Å². The predicted molar refractivity (Wildman–Crippen MR) is 70.7 cm³/mol. The molecule has 0 atom stereocenters. The van der Waals surface area contributed by atoms with E-state index in [0.717, 1.165) is 21.2 Å². The highest BCUT2D eigenvalue weighted by atomic mass is 79.9. The molecule has 1 aromatic heterocycles. The van der Waals surface area contributed by atoms with Gasteiger partial charge in [-0.25, -0.2) is 0 Å². The molecule has 0 aliphatic carbocycles. The smallest absolute Gasteiger partial charge is 0.219 e. The Labute approximate surface area is 107 Å². The first kappa shape index (κ1) is 11.9. The molecule has 0 fully saturated rings. The van der Waals surface area contributed by atoms with Crippen molar-refractivity contribution in [2.75, 3.05) is 11.9 Å². The maximum atomic E-state index is 10.7. The van der Waals surface area contributed by atoms with Crippen LogP contribution >= 0.6 is 15.9 Å². The first-order chi connectivity index (χ1) is 8.08. The summed E-state index contributed by atoms with van der Waals surface area (Å²) in [6, 6.07) is 5.95. The fourth-order valence-electron chi connectivity index (χ4n) is 1.67. The number of fused-ring (bicyclic) bond motifs is 1. The lowest BCUT2D eigenvalue weighted by Crippen LogP contribution is -2.16. The summed E-state index contributed by atoms with van der Waals surface area (Å²) in [6.45, 7) is 0.498. The Hall–Kier alpha value is -1.56. The first-order valence-electron chi connectivity index (χ1n) is 5.22. The number of amides is 1. The maximum Gasteiger partial charge on any atom is 0.219 e. The van der Waals surface area contributed by atoms with Crippen LogP contribution in [0, 0.1) is 0 Å². The quantitative estimate of drug-likeness (QED) is 0.900. The Morgan fingerprint density at radius 1 is 1.59 bits per heavy atom. The molecular formula is C11H13BrN4O. The molecule has 5 nitrogen and oxygen atoms in total. The van der Waals surface area contributed by atoms with Crippen LogP contribution in [0.2, 0.25) is 0 Å². The molecule has 0 aliphatic rings. The van der Waals surface area contributed by atoms with E-state index in [0.29, 0.717) is 13.0 Å². The van der Waals surface area contributed by atoms with Gasteiger partial charge >= 0.3 is 0 Å². The third-order valence-corrected chi connectivity index (χ3v) is 2.97. The lowest BCUT2D eigenvalue weighted by molar-refractivity contribution is -0.117. The fourth-order valence-corrected chi connectivity index (χ4v) is 2.01. The third kappa shape index (κ3) is 2.58. The Balaban J connectivity index is 2.26. The number of rotatable bonds is 4. The van der Waals surface area contributed by atoms with E-state index in [1.807, 2.05) is 25.2 Å². The Kier molecular flexibility index (Phi) is 3.33.